The molecule has 1 rings (SSSR count). The second-order valence-electron chi connectivity index (χ2n) is 4.21. The number of carbonyl (C=O) groups is 1. The standard InChI is InChI=1S/C13H19N3O2S/c1-4-16(8-9(2)11(14)19)12-10(13(17)18-3)6-5-7-15-12/h5-7,9H,4,8H2,1-3H3,(H2,14,19). The van der Waals surface area contributed by atoms with E-state index in [0.29, 0.717) is 29.5 Å². The monoisotopic (exact) mass is 281 g/mol. The van der Waals surface area contributed by atoms with Gasteiger partial charge in [0.1, 0.15) is 11.4 Å². The number of thiocarbonyl (C=S) groups is 1. The molecule has 0 spiro atoms. The molecule has 6 heteroatoms. The zero-order valence-electron chi connectivity index (χ0n) is 11.4. The van der Waals surface area contributed by atoms with Gasteiger partial charge in [-0.05, 0) is 19.1 Å². The molecular weight excluding hydrogens is 262 g/mol. The molecule has 2 N–H and O–H groups in total. The molecule has 0 amide bonds. The van der Waals surface area contributed by atoms with Crippen LogP contribution in [-0.4, -0.2) is 36.1 Å². The number of pyridine rings is 1. The maximum absolute atomic E-state index is 11.7. The van der Waals surface area contributed by atoms with Crippen LogP contribution in [0.2, 0.25) is 0 Å². The van der Waals surface area contributed by atoms with Crippen LogP contribution in [0.5, 0.6) is 0 Å². The first kappa shape index (κ1) is 15.4. The van der Waals surface area contributed by atoms with E-state index in [1.807, 2.05) is 18.7 Å². The van der Waals surface area contributed by atoms with Crippen LogP contribution >= 0.6 is 12.2 Å². The summed E-state index contributed by atoms with van der Waals surface area (Å²) in [6.07, 6.45) is 1.65. The topological polar surface area (TPSA) is 68.5 Å². The molecule has 0 aliphatic heterocycles. The smallest absolute Gasteiger partial charge is 0.341 e. The number of esters is 1. The van der Waals surface area contributed by atoms with Crippen molar-refractivity contribution in [2.75, 3.05) is 25.1 Å². The molecule has 1 unspecified atom stereocenters. The fourth-order valence-electron chi connectivity index (χ4n) is 1.70. The number of hydrogen-bond donors (Lipinski definition) is 1. The van der Waals surface area contributed by atoms with E-state index < -0.39 is 5.97 Å². The molecule has 0 radical (unpaired) electrons. The quantitative estimate of drug-likeness (QED) is 0.631. The van der Waals surface area contributed by atoms with Gasteiger partial charge in [-0.3, -0.25) is 0 Å². The number of nitrogens with zero attached hydrogens (tertiary/aromatic N) is 2. The van der Waals surface area contributed by atoms with Gasteiger partial charge in [-0.1, -0.05) is 19.1 Å². The molecule has 1 atom stereocenters. The summed E-state index contributed by atoms with van der Waals surface area (Å²) in [6.45, 7) is 5.26. The van der Waals surface area contributed by atoms with Crippen molar-refractivity contribution in [2.45, 2.75) is 13.8 Å². The minimum atomic E-state index is -0.399. The number of methoxy groups -OCH3 is 1. The van der Waals surface area contributed by atoms with Gasteiger partial charge in [-0.25, -0.2) is 9.78 Å². The zero-order valence-corrected chi connectivity index (χ0v) is 12.2. The molecule has 0 saturated heterocycles. The maximum Gasteiger partial charge on any atom is 0.341 e. The Kier molecular flexibility index (Phi) is 5.69. The van der Waals surface area contributed by atoms with Crippen molar-refractivity contribution < 1.29 is 9.53 Å². The predicted molar refractivity (Wildman–Crippen MR) is 79.4 cm³/mol. The Morgan fingerprint density at radius 2 is 2.32 bits per heavy atom. The van der Waals surface area contributed by atoms with Gasteiger partial charge in [0.05, 0.1) is 12.1 Å². The molecule has 1 aromatic rings. The largest absolute Gasteiger partial charge is 0.465 e. The summed E-state index contributed by atoms with van der Waals surface area (Å²) < 4.78 is 4.77. The third-order valence-corrected chi connectivity index (χ3v) is 3.26. The van der Waals surface area contributed by atoms with Crippen LogP contribution in [0, 0.1) is 5.92 Å². The molecule has 0 aliphatic rings. The van der Waals surface area contributed by atoms with Crippen molar-refractivity contribution in [3.8, 4) is 0 Å². The lowest BCUT2D eigenvalue weighted by Crippen LogP contribution is -2.35. The van der Waals surface area contributed by atoms with E-state index in [1.165, 1.54) is 7.11 Å². The van der Waals surface area contributed by atoms with E-state index in [1.54, 1.807) is 18.3 Å². The minimum absolute atomic E-state index is 0.0439. The molecular formula is C13H19N3O2S. The summed E-state index contributed by atoms with van der Waals surface area (Å²) in [6, 6.07) is 3.41. The normalized spacial score (nSPS) is 11.7. The molecule has 0 bridgehead atoms. The fraction of sp³-hybridized carbons (Fsp3) is 0.462. The van der Waals surface area contributed by atoms with Gasteiger partial charge in [-0.2, -0.15) is 0 Å². The van der Waals surface area contributed by atoms with E-state index in [-0.39, 0.29) is 5.92 Å². The SMILES string of the molecule is CCN(CC(C)C(N)=S)c1ncccc1C(=O)OC. The number of ether oxygens (including phenoxy) is 1. The van der Waals surface area contributed by atoms with Crippen molar-refractivity contribution in [1.29, 1.82) is 0 Å². The Morgan fingerprint density at radius 1 is 1.63 bits per heavy atom. The number of hydrogen-bond acceptors (Lipinski definition) is 5. The van der Waals surface area contributed by atoms with Crippen LogP contribution in [0.15, 0.2) is 18.3 Å². The Balaban J connectivity index is 3.04. The molecule has 19 heavy (non-hydrogen) atoms. The molecule has 1 heterocycles. The van der Waals surface area contributed by atoms with Crippen molar-refractivity contribution in [3.63, 3.8) is 0 Å². The summed E-state index contributed by atoms with van der Waals surface area (Å²) >= 11 is 4.98. The van der Waals surface area contributed by atoms with Crippen LogP contribution in [0.1, 0.15) is 24.2 Å². The van der Waals surface area contributed by atoms with Gasteiger partial charge < -0.3 is 15.4 Å². The van der Waals surface area contributed by atoms with Gasteiger partial charge in [0.2, 0.25) is 0 Å². The number of anilines is 1. The molecule has 104 valence electrons. The lowest BCUT2D eigenvalue weighted by atomic mass is 10.1. The fourth-order valence-corrected chi connectivity index (χ4v) is 1.78. The first-order chi connectivity index (χ1) is 9.01. The van der Waals surface area contributed by atoms with Crippen molar-refractivity contribution >= 4 is 29.0 Å². The second kappa shape index (κ2) is 7.04. The molecule has 0 saturated carbocycles. The Hall–Kier alpha value is -1.69. The third kappa shape index (κ3) is 3.89. The van der Waals surface area contributed by atoms with Crippen molar-refractivity contribution in [2.24, 2.45) is 11.7 Å². The van der Waals surface area contributed by atoms with Gasteiger partial charge in [0.25, 0.3) is 0 Å². The Bertz CT molecular complexity index is 465. The van der Waals surface area contributed by atoms with Crippen LogP contribution in [0.25, 0.3) is 0 Å². The van der Waals surface area contributed by atoms with Gasteiger partial charge in [0, 0.05) is 25.2 Å². The van der Waals surface area contributed by atoms with Crippen LogP contribution in [0.3, 0.4) is 0 Å². The van der Waals surface area contributed by atoms with E-state index in [0.717, 1.165) is 0 Å². The van der Waals surface area contributed by atoms with E-state index in [2.05, 4.69) is 4.98 Å². The lowest BCUT2D eigenvalue weighted by molar-refractivity contribution is 0.0601. The summed E-state index contributed by atoms with van der Waals surface area (Å²) in [5, 5.41) is 0. The van der Waals surface area contributed by atoms with Crippen LogP contribution < -0.4 is 10.6 Å². The molecule has 0 aliphatic carbocycles. The average Bonchev–Trinajstić information content (AvgIpc) is 2.43. The van der Waals surface area contributed by atoms with Crippen LogP contribution in [-0.2, 0) is 4.74 Å². The summed E-state index contributed by atoms with van der Waals surface area (Å²) in [4.78, 5) is 18.4. The minimum Gasteiger partial charge on any atom is -0.465 e. The Labute approximate surface area is 118 Å². The first-order valence-corrected chi connectivity index (χ1v) is 6.49. The summed E-state index contributed by atoms with van der Waals surface area (Å²) in [7, 11) is 1.35. The number of carbonyl (C=O) groups excluding carboxylic acids is 1. The lowest BCUT2D eigenvalue weighted by Gasteiger charge is -2.26. The molecule has 1 aromatic heterocycles. The van der Waals surface area contributed by atoms with Gasteiger partial charge in [0.15, 0.2) is 0 Å². The highest BCUT2D eigenvalue weighted by Crippen LogP contribution is 2.19. The van der Waals surface area contributed by atoms with Gasteiger partial charge in [-0.15, -0.1) is 0 Å². The maximum atomic E-state index is 11.7. The molecule has 0 aromatic carbocycles. The highest BCUT2D eigenvalue weighted by molar-refractivity contribution is 7.80. The Morgan fingerprint density at radius 3 is 2.84 bits per heavy atom. The first-order valence-electron chi connectivity index (χ1n) is 6.08. The summed E-state index contributed by atoms with van der Waals surface area (Å²) in [5.41, 5.74) is 6.08. The van der Waals surface area contributed by atoms with Crippen LogP contribution in [0.4, 0.5) is 5.82 Å². The average molecular weight is 281 g/mol. The van der Waals surface area contributed by atoms with E-state index >= 15 is 0 Å². The van der Waals surface area contributed by atoms with Crippen molar-refractivity contribution in [3.05, 3.63) is 23.9 Å². The number of aromatic nitrogens is 1. The zero-order chi connectivity index (χ0) is 14.4. The summed E-state index contributed by atoms with van der Waals surface area (Å²) in [5.74, 6) is 0.243. The second-order valence-corrected chi connectivity index (χ2v) is 4.68. The van der Waals surface area contributed by atoms with E-state index in [9.17, 15) is 4.79 Å². The van der Waals surface area contributed by atoms with Gasteiger partial charge >= 0.3 is 5.97 Å². The third-order valence-electron chi connectivity index (χ3n) is 2.85. The highest BCUT2D eigenvalue weighted by Gasteiger charge is 2.19. The predicted octanol–water partition coefficient (Wildman–Crippen LogP) is 1.62. The van der Waals surface area contributed by atoms with E-state index in [4.69, 9.17) is 22.7 Å². The highest BCUT2D eigenvalue weighted by atomic mass is 32.1. The molecule has 0 fully saturated rings. The van der Waals surface area contributed by atoms with Crippen molar-refractivity contribution in [1.82, 2.24) is 4.98 Å². The number of rotatable bonds is 6. The number of nitrogens with two attached hydrogens (primary N) is 1. The molecule has 5 nitrogen and oxygen atoms in total.